The molecule has 0 saturated carbocycles. The zero-order valence-electron chi connectivity index (χ0n) is 11.5. The van der Waals surface area contributed by atoms with Crippen molar-refractivity contribution in [3.8, 4) is 0 Å². The van der Waals surface area contributed by atoms with Gasteiger partial charge in [0.15, 0.2) is 0 Å². The number of para-hydroxylation sites is 1. The number of pyridine rings is 1. The molecule has 4 heteroatoms. The smallest absolute Gasteiger partial charge is 0.329 e. The fraction of sp³-hybridized carbons (Fsp3) is 0.375. The summed E-state index contributed by atoms with van der Waals surface area (Å²) in [6, 6.07) is 9.81. The highest BCUT2D eigenvalue weighted by molar-refractivity contribution is 5.94. The van der Waals surface area contributed by atoms with Crippen molar-refractivity contribution in [2.24, 2.45) is 0 Å². The van der Waals surface area contributed by atoms with Crippen LogP contribution in [0.2, 0.25) is 0 Å². The number of carboxylic acid groups (broad SMARTS) is 1. The van der Waals surface area contributed by atoms with Gasteiger partial charge >= 0.3 is 5.97 Å². The van der Waals surface area contributed by atoms with Crippen LogP contribution in [-0.2, 0) is 4.79 Å². The van der Waals surface area contributed by atoms with Gasteiger partial charge in [-0.25, -0.2) is 4.79 Å². The summed E-state index contributed by atoms with van der Waals surface area (Å²) in [6.45, 7) is 2.60. The molecule has 1 aromatic carbocycles. The first-order chi connectivity index (χ1) is 9.63. The molecular formula is C16H18N2O2. The third-order valence-corrected chi connectivity index (χ3v) is 4.27. The van der Waals surface area contributed by atoms with E-state index < -0.39 is 11.5 Å². The van der Waals surface area contributed by atoms with Gasteiger partial charge in [-0.3, -0.25) is 4.98 Å². The number of carboxylic acids is 1. The van der Waals surface area contributed by atoms with Gasteiger partial charge in [0, 0.05) is 23.8 Å². The Bertz CT molecular complexity index is 650. The molecule has 20 heavy (non-hydrogen) atoms. The number of hydrogen-bond donors (Lipinski definition) is 1. The van der Waals surface area contributed by atoms with Gasteiger partial charge in [-0.1, -0.05) is 18.2 Å². The number of aromatic nitrogens is 1. The summed E-state index contributed by atoms with van der Waals surface area (Å²) in [4.78, 5) is 18.1. The lowest BCUT2D eigenvalue weighted by Crippen LogP contribution is -2.55. The first-order valence-corrected chi connectivity index (χ1v) is 6.98. The molecule has 1 atom stereocenters. The van der Waals surface area contributed by atoms with Gasteiger partial charge in [-0.15, -0.1) is 0 Å². The van der Waals surface area contributed by atoms with E-state index in [4.69, 9.17) is 0 Å². The maximum absolute atomic E-state index is 11.7. The van der Waals surface area contributed by atoms with Crippen molar-refractivity contribution in [1.82, 2.24) is 4.98 Å². The van der Waals surface area contributed by atoms with Gasteiger partial charge in [0.1, 0.15) is 5.54 Å². The van der Waals surface area contributed by atoms with Crippen LogP contribution in [0.3, 0.4) is 0 Å². The molecule has 1 aliphatic rings. The molecule has 104 valence electrons. The van der Waals surface area contributed by atoms with Crippen LogP contribution in [0.1, 0.15) is 26.2 Å². The van der Waals surface area contributed by atoms with Gasteiger partial charge in [0.05, 0.1) is 5.52 Å². The van der Waals surface area contributed by atoms with Gasteiger partial charge < -0.3 is 10.0 Å². The highest BCUT2D eigenvalue weighted by Gasteiger charge is 2.41. The molecule has 0 radical (unpaired) electrons. The number of piperidine rings is 1. The number of aliphatic carboxylic acids is 1. The topological polar surface area (TPSA) is 53.4 Å². The largest absolute Gasteiger partial charge is 0.480 e. The summed E-state index contributed by atoms with van der Waals surface area (Å²) >= 11 is 0. The Morgan fingerprint density at radius 1 is 1.30 bits per heavy atom. The fourth-order valence-electron chi connectivity index (χ4n) is 3.05. The Labute approximate surface area is 118 Å². The van der Waals surface area contributed by atoms with Crippen LogP contribution < -0.4 is 4.90 Å². The minimum absolute atomic E-state index is 0.680. The minimum atomic E-state index is -0.831. The van der Waals surface area contributed by atoms with Gasteiger partial charge in [-0.05, 0) is 38.3 Å². The number of carbonyl (C=O) groups is 1. The van der Waals surface area contributed by atoms with Crippen molar-refractivity contribution in [2.75, 3.05) is 11.4 Å². The molecule has 0 spiro atoms. The monoisotopic (exact) mass is 270 g/mol. The van der Waals surface area contributed by atoms with E-state index in [9.17, 15) is 9.90 Å². The molecule has 3 rings (SSSR count). The van der Waals surface area contributed by atoms with Crippen LogP contribution in [0.4, 0.5) is 5.69 Å². The fourth-order valence-corrected chi connectivity index (χ4v) is 3.05. The van der Waals surface area contributed by atoms with E-state index in [0.717, 1.165) is 36.0 Å². The lowest BCUT2D eigenvalue weighted by atomic mass is 9.87. The molecule has 0 bridgehead atoms. The molecular weight excluding hydrogens is 252 g/mol. The number of hydrogen-bond acceptors (Lipinski definition) is 3. The van der Waals surface area contributed by atoms with E-state index in [-0.39, 0.29) is 0 Å². The predicted octanol–water partition coefficient (Wildman–Crippen LogP) is 3.07. The molecule has 2 aromatic rings. The number of nitrogens with zero attached hydrogens (tertiary/aromatic N) is 2. The molecule has 1 N–H and O–H groups in total. The SMILES string of the molecule is CC1(C(=O)O)CCCCN1c1ccnc2ccccc12. The van der Waals surface area contributed by atoms with Crippen molar-refractivity contribution in [1.29, 1.82) is 0 Å². The first-order valence-electron chi connectivity index (χ1n) is 6.98. The van der Waals surface area contributed by atoms with Crippen molar-refractivity contribution >= 4 is 22.6 Å². The van der Waals surface area contributed by atoms with Gasteiger partial charge in [0.2, 0.25) is 0 Å². The third kappa shape index (κ3) is 1.92. The van der Waals surface area contributed by atoms with Crippen molar-refractivity contribution in [3.63, 3.8) is 0 Å². The second kappa shape index (κ2) is 4.78. The molecule has 4 nitrogen and oxygen atoms in total. The zero-order chi connectivity index (χ0) is 14.2. The highest BCUT2D eigenvalue weighted by atomic mass is 16.4. The molecule has 0 aliphatic carbocycles. The van der Waals surface area contributed by atoms with Crippen molar-refractivity contribution in [3.05, 3.63) is 36.5 Å². The predicted molar refractivity (Wildman–Crippen MR) is 79.0 cm³/mol. The quantitative estimate of drug-likeness (QED) is 0.911. The number of benzene rings is 1. The normalized spacial score (nSPS) is 22.9. The van der Waals surface area contributed by atoms with Gasteiger partial charge in [-0.2, -0.15) is 0 Å². The van der Waals surface area contributed by atoms with E-state index >= 15 is 0 Å². The molecule has 1 aromatic heterocycles. The van der Waals surface area contributed by atoms with E-state index in [1.807, 2.05) is 42.2 Å². The summed E-state index contributed by atoms with van der Waals surface area (Å²) in [5, 5.41) is 10.7. The second-order valence-corrected chi connectivity index (χ2v) is 5.53. The first kappa shape index (κ1) is 12.9. The Morgan fingerprint density at radius 3 is 2.90 bits per heavy atom. The third-order valence-electron chi connectivity index (χ3n) is 4.27. The molecule has 1 fully saturated rings. The average molecular weight is 270 g/mol. The van der Waals surface area contributed by atoms with Gasteiger partial charge in [0.25, 0.3) is 0 Å². The molecule has 2 heterocycles. The van der Waals surface area contributed by atoms with Crippen LogP contribution in [0.5, 0.6) is 0 Å². The summed E-state index contributed by atoms with van der Waals surface area (Å²) in [7, 11) is 0. The van der Waals surface area contributed by atoms with Crippen molar-refractivity contribution < 1.29 is 9.90 Å². The number of fused-ring (bicyclic) bond motifs is 1. The summed E-state index contributed by atoms with van der Waals surface area (Å²) in [5.41, 5.74) is 1.05. The van der Waals surface area contributed by atoms with E-state index in [1.165, 1.54) is 0 Å². The Balaban J connectivity index is 2.16. The molecule has 1 unspecified atom stereocenters. The minimum Gasteiger partial charge on any atom is -0.480 e. The lowest BCUT2D eigenvalue weighted by Gasteiger charge is -2.43. The van der Waals surface area contributed by atoms with Crippen LogP contribution in [-0.4, -0.2) is 28.1 Å². The van der Waals surface area contributed by atoms with E-state index in [2.05, 4.69) is 4.98 Å². The standard InChI is InChI=1S/C16H18N2O2/c1-16(15(19)20)9-4-5-11-18(16)14-8-10-17-13-7-3-2-6-12(13)14/h2-3,6-8,10H,4-5,9,11H2,1H3,(H,19,20). The van der Waals surface area contributed by atoms with E-state index in [1.54, 1.807) is 6.20 Å². The molecule has 1 aliphatic heterocycles. The maximum atomic E-state index is 11.7. The van der Waals surface area contributed by atoms with Crippen LogP contribution >= 0.6 is 0 Å². The Hall–Kier alpha value is -2.10. The number of rotatable bonds is 2. The van der Waals surface area contributed by atoms with E-state index in [0.29, 0.717) is 6.42 Å². The molecule has 1 saturated heterocycles. The summed E-state index contributed by atoms with van der Waals surface area (Å²) in [5.74, 6) is -0.752. The lowest BCUT2D eigenvalue weighted by molar-refractivity contribution is -0.143. The summed E-state index contributed by atoms with van der Waals surface area (Å²) in [6.07, 6.45) is 4.43. The average Bonchev–Trinajstić information content (AvgIpc) is 2.47. The van der Waals surface area contributed by atoms with Crippen LogP contribution in [0.25, 0.3) is 10.9 Å². The Morgan fingerprint density at radius 2 is 2.10 bits per heavy atom. The summed E-state index contributed by atoms with van der Waals surface area (Å²) < 4.78 is 0. The highest BCUT2D eigenvalue weighted by Crippen LogP contribution is 2.36. The Kier molecular flexibility index (Phi) is 3.08. The van der Waals surface area contributed by atoms with Crippen LogP contribution in [0, 0.1) is 0 Å². The maximum Gasteiger partial charge on any atom is 0.329 e. The van der Waals surface area contributed by atoms with Crippen LogP contribution in [0.15, 0.2) is 36.5 Å². The van der Waals surface area contributed by atoms with Crippen molar-refractivity contribution in [2.45, 2.75) is 31.7 Å². The number of anilines is 1. The second-order valence-electron chi connectivity index (χ2n) is 5.53. The zero-order valence-corrected chi connectivity index (χ0v) is 11.5. The molecule has 0 amide bonds.